The number of esters is 1. The van der Waals surface area contributed by atoms with Gasteiger partial charge < -0.3 is 10.1 Å². The lowest BCUT2D eigenvalue weighted by atomic mass is 10.2. The van der Waals surface area contributed by atoms with Gasteiger partial charge in [-0.05, 0) is 19.1 Å². The zero-order valence-electron chi connectivity index (χ0n) is 9.30. The Bertz CT molecular complexity index is 417. The van der Waals surface area contributed by atoms with Crippen LogP contribution < -0.4 is 5.32 Å². The minimum Gasteiger partial charge on any atom is -0.459 e. The molecule has 1 rings (SSSR count). The second kappa shape index (κ2) is 6.37. The number of hydrogen-bond donors (Lipinski definition) is 1. The standard InChI is InChI=1S/C11H12N2O4/c1-2-17-11(16)10(15)13-7-9(14)8-5-3-4-6-12-8/h3-6H,2,7H2,1H3,(H,13,15). The molecule has 6 heteroatoms. The third-order valence-electron chi connectivity index (χ3n) is 1.82. The lowest BCUT2D eigenvalue weighted by Gasteiger charge is -2.03. The Balaban J connectivity index is 2.44. The molecule has 0 unspecified atom stereocenters. The number of carbonyl (C=O) groups is 3. The van der Waals surface area contributed by atoms with E-state index in [0.29, 0.717) is 0 Å². The van der Waals surface area contributed by atoms with Crippen LogP contribution in [-0.4, -0.2) is 35.8 Å². The lowest BCUT2D eigenvalue weighted by molar-refractivity contribution is -0.154. The molecule has 1 aromatic heterocycles. The minimum atomic E-state index is -0.999. The van der Waals surface area contributed by atoms with Crippen molar-refractivity contribution >= 4 is 17.7 Å². The van der Waals surface area contributed by atoms with E-state index in [0.717, 1.165) is 0 Å². The van der Waals surface area contributed by atoms with Crippen molar-refractivity contribution in [2.24, 2.45) is 0 Å². The highest BCUT2D eigenvalue weighted by Gasteiger charge is 2.16. The Morgan fingerprint density at radius 1 is 1.35 bits per heavy atom. The highest BCUT2D eigenvalue weighted by atomic mass is 16.5. The molecule has 0 saturated carbocycles. The smallest absolute Gasteiger partial charge is 0.396 e. The molecule has 17 heavy (non-hydrogen) atoms. The quantitative estimate of drug-likeness (QED) is 0.450. The summed E-state index contributed by atoms with van der Waals surface area (Å²) < 4.78 is 4.46. The van der Waals surface area contributed by atoms with E-state index in [1.54, 1.807) is 19.1 Å². The van der Waals surface area contributed by atoms with Gasteiger partial charge in [-0.1, -0.05) is 6.07 Å². The van der Waals surface area contributed by atoms with Crippen LogP contribution in [0.4, 0.5) is 0 Å². The number of hydrogen-bond acceptors (Lipinski definition) is 5. The van der Waals surface area contributed by atoms with Gasteiger partial charge in [0.2, 0.25) is 0 Å². The SMILES string of the molecule is CCOC(=O)C(=O)NCC(=O)c1ccccn1. The molecule has 0 saturated heterocycles. The van der Waals surface area contributed by atoms with Gasteiger partial charge in [-0.2, -0.15) is 0 Å². The molecule has 0 bridgehead atoms. The third kappa shape index (κ3) is 4.02. The summed E-state index contributed by atoms with van der Waals surface area (Å²) in [6.07, 6.45) is 1.47. The summed E-state index contributed by atoms with van der Waals surface area (Å²) >= 11 is 0. The van der Waals surface area contributed by atoms with Crippen LogP contribution in [0, 0.1) is 0 Å². The molecule has 1 amide bonds. The molecular formula is C11H12N2O4. The fraction of sp³-hybridized carbons (Fsp3) is 0.273. The molecule has 0 aromatic carbocycles. The normalized spacial score (nSPS) is 9.47. The molecule has 6 nitrogen and oxygen atoms in total. The predicted molar refractivity (Wildman–Crippen MR) is 58.2 cm³/mol. The fourth-order valence-electron chi connectivity index (χ4n) is 1.05. The van der Waals surface area contributed by atoms with Gasteiger partial charge >= 0.3 is 11.9 Å². The van der Waals surface area contributed by atoms with Gasteiger partial charge in [0.05, 0.1) is 13.2 Å². The van der Waals surface area contributed by atoms with Crippen LogP contribution in [0.25, 0.3) is 0 Å². The van der Waals surface area contributed by atoms with Crippen molar-refractivity contribution in [1.29, 1.82) is 0 Å². The molecule has 1 aromatic rings. The molecule has 0 aliphatic rings. The molecule has 0 aliphatic heterocycles. The summed E-state index contributed by atoms with van der Waals surface area (Å²) in [6.45, 7) is 1.42. The fourth-order valence-corrected chi connectivity index (χ4v) is 1.05. The number of pyridine rings is 1. The van der Waals surface area contributed by atoms with Crippen molar-refractivity contribution in [3.63, 3.8) is 0 Å². The Labute approximate surface area is 98.0 Å². The Hall–Kier alpha value is -2.24. The van der Waals surface area contributed by atoms with Crippen LogP contribution in [0.15, 0.2) is 24.4 Å². The van der Waals surface area contributed by atoms with Crippen LogP contribution in [-0.2, 0) is 14.3 Å². The van der Waals surface area contributed by atoms with Crippen LogP contribution in [0.3, 0.4) is 0 Å². The van der Waals surface area contributed by atoms with E-state index < -0.39 is 11.9 Å². The van der Waals surface area contributed by atoms with Crippen molar-refractivity contribution in [1.82, 2.24) is 10.3 Å². The van der Waals surface area contributed by atoms with Gasteiger partial charge in [0.1, 0.15) is 5.69 Å². The predicted octanol–water partition coefficient (Wildman–Crippen LogP) is -0.0564. The molecule has 1 heterocycles. The topological polar surface area (TPSA) is 85.4 Å². The maximum atomic E-state index is 11.5. The van der Waals surface area contributed by atoms with E-state index in [2.05, 4.69) is 15.0 Å². The maximum absolute atomic E-state index is 11.5. The van der Waals surface area contributed by atoms with E-state index in [1.165, 1.54) is 12.3 Å². The van der Waals surface area contributed by atoms with Crippen molar-refractivity contribution in [2.45, 2.75) is 6.92 Å². The first kappa shape index (κ1) is 12.8. The van der Waals surface area contributed by atoms with Gasteiger partial charge in [0, 0.05) is 6.20 Å². The summed E-state index contributed by atoms with van der Waals surface area (Å²) in [5.74, 6) is -2.30. The Morgan fingerprint density at radius 2 is 2.12 bits per heavy atom. The van der Waals surface area contributed by atoms with Gasteiger partial charge in [0.15, 0.2) is 5.78 Å². The average Bonchev–Trinajstić information content (AvgIpc) is 2.36. The van der Waals surface area contributed by atoms with Crippen molar-refractivity contribution in [3.8, 4) is 0 Å². The zero-order chi connectivity index (χ0) is 12.7. The highest BCUT2D eigenvalue weighted by Crippen LogP contribution is 1.93. The first-order chi connectivity index (χ1) is 8.15. The van der Waals surface area contributed by atoms with Crippen LogP contribution in [0.1, 0.15) is 17.4 Å². The molecule has 0 atom stereocenters. The number of amides is 1. The summed E-state index contributed by atoms with van der Waals surface area (Å²) in [6, 6.07) is 4.86. The van der Waals surface area contributed by atoms with Crippen LogP contribution in [0.2, 0.25) is 0 Å². The molecule has 1 N–H and O–H groups in total. The summed E-state index contributed by atoms with van der Waals surface area (Å²) in [5.41, 5.74) is 0.233. The molecule has 0 aliphatic carbocycles. The van der Waals surface area contributed by atoms with Gasteiger partial charge in [-0.15, -0.1) is 0 Å². The zero-order valence-corrected chi connectivity index (χ0v) is 9.30. The van der Waals surface area contributed by atoms with Crippen molar-refractivity contribution < 1.29 is 19.1 Å². The number of nitrogens with zero attached hydrogens (tertiary/aromatic N) is 1. The first-order valence-electron chi connectivity index (χ1n) is 5.04. The monoisotopic (exact) mass is 236 g/mol. The minimum absolute atomic E-state index is 0.112. The maximum Gasteiger partial charge on any atom is 0.396 e. The number of ether oxygens (including phenoxy) is 1. The second-order valence-electron chi connectivity index (χ2n) is 3.04. The van der Waals surface area contributed by atoms with Crippen molar-refractivity contribution in [3.05, 3.63) is 30.1 Å². The van der Waals surface area contributed by atoms with Crippen LogP contribution in [0.5, 0.6) is 0 Å². The highest BCUT2D eigenvalue weighted by molar-refractivity contribution is 6.32. The molecular weight excluding hydrogens is 224 g/mol. The van der Waals surface area contributed by atoms with Gasteiger partial charge in [-0.25, -0.2) is 4.79 Å². The molecule has 0 spiro atoms. The third-order valence-corrected chi connectivity index (χ3v) is 1.82. The van der Waals surface area contributed by atoms with E-state index >= 15 is 0 Å². The van der Waals surface area contributed by atoms with E-state index in [9.17, 15) is 14.4 Å². The largest absolute Gasteiger partial charge is 0.459 e. The van der Waals surface area contributed by atoms with Gasteiger partial charge in [-0.3, -0.25) is 14.6 Å². The average molecular weight is 236 g/mol. The molecule has 0 fully saturated rings. The number of carbonyl (C=O) groups excluding carboxylic acids is 3. The molecule has 0 radical (unpaired) electrons. The number of rotatable bonds is 4. The molecule has 90 valence electrons. The van der Waals surface area contributed by atoms with Crippen molar-refractivity contribution in [2.75, 3.05) is 13.2 Å². The van der Waals surface area contributed by atoms with Gasteiger partial charge in [0.25, 0.3) is 0 Å². The lowest BCUT2D eigenvalue weighted by Crippen LogP contribution is -2.36. The number of Topliss-reactive ketones (excluding diaryl/α,β-unsaturated/α-hetero) is 1. The summed E-state index contributed by atoms with van der Waals surface area (Å²) in [4.78, 5) is 37.4. The number of aromatic nitrogens is 1. The first-order valence-corrected chi connectivity index (χ1v) is 5.04. The van der Waals surface area contributed by atoms with E-state index in [4.69, 9.17) is 0 Å². The van der Waals surface area contributed by atoms with E-state index in [1.807, 2.05) is 0 Å². The summed E-state index contributed by atoms with van der Waals surface area (Å²) in [5, 5.41) is 2.16. The number of ketones is 1. The van der Waals surface area contributed by atoms with Crippen LogP contribution >= 0.6 is 0 Å². The number of nitrogens with one attached hydrogen (secondary N) is 1. The second-order valence-corrected chi connectivity index (χ2v) is 3.04. The Morgan fingerprint density at radius 3 is 2.71 bits per heavy atom. The Kier molecular flexibility index (Phi) is 4.80. The van der Waals surface area contributed by atoms with E-state index in [-0.39, 0.29) is 24.6 Å². The summed E-state index contributed by atoms with van der Waals surface area (Å²) in [7, 11) is 0.